The second kappa shape index (κ2) is 3.67. The van der Waals surface area contributed by atoms with Crippen molar-refractivity contribution in [3.63, 3.8) is 0 Å². The van der Waals surface area contributed by atoms with E-state index in [1.54, 1.807) is 0 Å². The molecule has 2 aromatic rings. The highest BCUT2D eigenvalue weighted by Crippen LogP contribution is 2.19. The van der Waals surface area contributed by atoms with E-state index in [1.807, 2.05) is 24.4 Å². The van der Waals surface area contributed by atoms with Crippen LogP contribution in [0.3, 0.4) is 0 Å². The van der Waals surface area contributed by atoms with Crippen molar-refractivity contribution in [3.05, 3.63) is 36.0 Å². The van der Waals surface area contributed by atoms with Crippen molar-refractivity contribution in [2.24, 2.45) is 0 Å². The summed E-state index contributed by atoms with van der Waals surface area (Å²) in [5, 5.41) is 4.16. The maximum Gasteiger partial charge on any atom is 0.224 e. The molecule has 1 amide bonds. The summed E-state index contributed by atoms with van der Waals surface area (Å²) < 4.78 is 0. The number of nitrogens with one attached hydrogen (secondary N) is 2. The van der Waals surface area contributed by atoms with Crippen molar-refractivity contribution in [3.8, 4) is 0 Å². The summed E-state index contributed by atoms with van der Waals surface area (Å²) in [6, 6.07) is 8.57. The molecule has 0 bridgehead atoms. The van der Waals surface area contributed by atoms with Crippen LogP contribution in [-0.2, 0) is 11.2 Å². The minimum absolute atomic E-state index is 0.136. The third-order valence-corrected chi connectivity index (χ3v) is 2.92. The molecule has 1 saturated carbocycles. The number of aromatic amines is 1. The zero-order valence-corrected chi connectivity index (χ0v) is 8.99. The van der Waals surface area contributed by atoms with E-state index >= 15 is 0 Å². The van der Waals surface area contributed by atoms with E-state index in [2.05, 4.69) is 16.4 Å². The van der Waals surface area contributed by atoms with Gasteiger partial charge in [-0.3, -0.25) is 4.79 Å². The summed E-state index contributed by atoms with van der Waals surface area (Å²) in [6.45, 7) is 0. The molecule has 82 valence electrons. The fourth-order valence-corrected chi connectivity index (χ4v) is 1.90. The number of carbonyl (C=O) groups is 1. The van der Waals surface area contributed by atoms with Gasteiger partial charge in [0, 0.05) is 17.8 Å². The average molecular weight is 214 g/mol. The van der Waals surface area contributed by atoms with Crippen LogP contribution in [0, 0.1) is 0 Å². The Hall–Kier alpha value is -1.77. The van der Waals surface area contributed by atoms with E-state index in [4.69, 9.17) is 0 Å². The van der Waals surface area contributed by atoms with Crippen LogP contribution in [0.25, 0.3) is 10.9 Å². The van der Waals surface area contributed by atoms with Gasteiger partial charge in [-0.2, -0.15) is 0 Å². The Bertz CT molecular complexity index is 525. The minimum Gasteiger partial charge on any atom is -0.361 e. The lowest BCUT2D eigenvalue weighted by Gasteiger charge is -2.03. The van der Waals surface area contributed by atoms with Gasteiger partial charge in [-0.25, -0.2) is 0 Å². The van der Waals surface area contributed by atoms with E-state index in [0.717, 1.165) is 29.3 Å². The number of carbonyl (C=O) groups excluding carboxylic acids is 1. The van der Waals surface area contributed by atoms with Crippen LogP contribution in [0.4, 0.5) is 0 Å². The predicted octanol–water partition coefficient (Wildman–Crippen LogP) is 1.99. The Labute approximate surface area is 93.9 Å². The smallest absolute Gasteiger partial charge is 0.224 e. The normalized spacial score (nSPS) is 15.2. The maximum absolute atomic E-state index is 11.6. The number of aromatic nitrogens is 1. The van der Waals surface area contributed by atoms with Gasteiger partial charge in [0.1, 0.15) is 0 Å². The quantitative estimate of drug-likeness (QED) is 0.806. The molecule has 3 nitrogen and oxygen atoms in total. The van der Waals surface area contributed by atoms with Crippen molar-refractivity contribution in [2.45, 2.75) is 25.3 Å². The van der Waals surface area contributed by atoms with Crippen LogP contribution in [0.5, 0.6) is 0 Å². The highest BCUT2D eigenvalue weighted by Gasteiger charge is 2.22. The van der Waals surface area contributed by atoms with Crippen LogP contribution in [0.15, 0.2) is 30.5 Å². The highest BCUT2D eigenvalue weighted by molar-refractivity contribution is 5.83. The Morgan fingerprint density at radius 2 is 2.25 bits per heavy atom. The average Bonchev–Trinajstić information content (AvgIpc) is 2.95. The number of rotatable bonds is 3. The van der Waals surface area contributed by atoms with Gasteiger partial charge in [0.05, 0.1) is 6.42 Å². The van der Waals surface area contributed by atoms with Crippen LogP contribution in [0.2, 0.25) is 0 Å². The van der Waals surface area contributed by atoms with E-state index in [9.17, 15) is 4.79 Å². The molecule has 2 N–H and O–H groups in total. The largest absolute Gasteiger partial charge is 0.361 e. The van der Waals surface area contributed by atoms with Gasteiger partial charge >= 0.3 is 0 Å². The van der Waals surface area contributed by atoms with Crippen molar-refractivity contribution >= 4 is 16.8 Å². The predicted molar refractivity (Wildman–Crippen MR) is 63.2 cm³/mol. The second-order valence-corrected chi connectivity index (χ2v) is 4.42. The van der Waals surface area contributed by atoms with Crippen LogP contribution < -0.4 is 5.32 Å². The number of hydrogen-bond acceptors (Lipinski definition) is 1. The molecular weight excluding hydrogens is 200 g/mol. The molecule has 1 aromatic carbocycles. The van der Waals surface area contributed by atoms with Crippen LogP contribution in [0.1, 0.15) is 18.4 Å². The molecule has 1 heterocycles. The van der Waals surface area contributed by atoms with Crippen molar-refractivity contribution in [1.82, 2.24) is 10.3 Å². The first-order valence-corrected chi connectivity index (χ1v) is 5.67. The number of amides is 1. The Kier molecular flexibility index (Phi) is 2.17. The lowest BCUT2D eigenvalue weighted by molar-refractivity contribution is -0.120. The molecule has 1 aliphatic carbocycles. The Balaban J connectivity index is 1.74. The van der Waals surface area contributed by atoms with E-state index in [0.29, 0.717) is 12.5 Å². The fraction of sp³-hybridized carbons (Fsp3) is 0.308. The van der Waals surface area contributed by atoms with Gasteiger partial charge in [0.25, 0.3) is 0 Å². The molecule has 0 radical (unpaired) electrons. The molecule has 1 fully saturated rings. The summed E-state index contributed by atoms with van der Waals surface area (Å²) in [7, 11) is 0. The molecule has 0 aliphatic heterocycles. The minimum atomic E-state index is 0.136. The van der Waals surface area contributed by atoms with Crippen LogP contribution >= 0.6 is 0 Å². The van der Waals surface area contributed by atoms with Crippen LogP contribution in [-0.4, -0.2) is 16.9 Å². The van der Waals surface area contributed by atoms with Gasteiger partial charge in [-0.15, -0.1) is 0 Å². The number of hydrogen-bond donors (Lipinski definition) is 2. The van der Waals surface area contributed by atoms with Crippen molar-refractivity contribution in [2.75, 3.05) is 0 Å². The monoisotopic (exact) mass is 214 g/mol. The SMILES string of the molecule is O=C(Cc1ccc2[nH]ccc2c1)NC1CC1. The summed E-state index contributed by atoms with van der Waals surface area (Å²) in [4.78, 5) is 14.8. The molecule has 0 unspecified atom stereocenters. The maximum atomic E-state index is 11.6. The molecule has 3 rings (SSSR count). The van der Waals surface area contributed by atoms with Gasteiger partial charge in [0.2, 0.25) is 5.91 Å². The van der Waals surface area contributed by atoms with Gasteiger partial charge in [-0.1, -0.05) is 6.07 Å². The van der Waals surface area contributed by atoms with E-state index < -0.39 is 0 Å². The standard InChI is InChI=1S/C13H14N2O/c16-13(15-11-2-3-11)8-9-1-4-12-10(7-9)5-6-14-12/h1,4-7,11,14H,2-3,8H2,(H,15,16). The Morgan fingerprint density at radius 3 is 3.06 bits per heavy atom. The molecule has 0 saturated heterocycles. The number of H-pyrrole nitrogens is 1. The van der Waals surface area contributed by atoms with Gasteiger partial charge in [-0.05, 0) is 42.0 Å². The second-order valence-electron chi connectivity index (χ2n) is 4.42. The molecule has 1 aromatic heterocycles. The van der Waals surface area contributed by atoms with Gasteiger partial charge in [0.15, 0.2) is 0 Å². The summed E-state index contributed by atoms with van der Waals surface area (Å²) in [5.74, 6) is 0.136. The Morgan fingerprint density at radius 1 is 1.38 bits per heavy atom. The molecular formula is C13H14N2O. The summed E-state index contributed by atoms with van der Waals surface area (Å²) >= 11 is 0. The summed E-state index contributed by atoms with van der Waals surface area (Å²) in [5.41, 5.74) is 2.19. The highest BCUT2D eigenvalue weighted by atomic mass is 16.1. The first kappa shape index (κ1) is 9.46. The topological polar surface area (TPSA) is 44.9 Å². The number of benzene rings is 1. The third kappa shape index (κ3) is 1.94. The van der Waals surface area contributed by atoms with E-state index in [-0.39, 0.29) is 5.91 Å². The summed E-state index contributed by atoms with van der Waals surface area (Å²) in [6.07, 6.45) is 4.68. The zero-order valence-electron chi connectivity index (χ0n) is 8.99. The van der Waals surface area contributed by atoms with Crippen molar-refractivity contribution < 1.29 is 4.79 Å². The van der Waals surface area contributed by atoms with Gasteiger partial charge < -0.3 is 10.3 Å². The number of fused-ring (bicyclic) bond motifs is 1. The first-order valence-electron chi connectivity index (χ1n) is 5.67. The lowest BCUT2D eigenvalue weighted by atomic mass is 10.1. The molecule has 3 heteroatoms. The molecule has 1 aliphatic rings. The third-order valence-electron chi connectivity index (χ3n) is 2.92. The molecule has 0 atom stereocenters. The van der Waals surface area contributed by atoms with E-state index in [1.165, 1.54) is 0 Å². The molecule has 0 spiro atoms. The molecule has 16 heavy (non-hydrogen) atoms. The van der Waals surface area contributed by atoms with Crippen molar-refractivity contribution in [1.29, 1.82) is 0 Å². The first-order chi connectivity index (χ1) is 7.81. The zero-order chi connectivity index (χ0) is 11.0. The fourth-order valence-electron chi connectivity index (χ4n) is 1.90. The lowest BCUT2D eigenvalue weighted by Crippen LogP contribution is -2.26.